The van der Waals surface area contributed by atoms with Gasteiger partial charge in [0.2, 0.25) is 0 Å². The third-order valence-electron chi connectivity index (χ3n) is 5.65. The summed E-state index contributed by atoms with van der Waals surface area (Å²) in [7, 11) is 3.78. The number of hydrogen-bond acceptors (Lipinski definition) is 4. The molecule has 0 spiro atoms. The van der Waals surface area contributed by atoms with Crippen LogP contribution in [0.25, 0.3) is 0 Å². The van der Waals surface area contributed by atoms with E-state index in [9.17, 15) is 5.11 Å². The number of hydrogen-bond donors (Lipinski definition) is 1. The third kappa shape index (κ3) is 5.62. The molecule has 0 aliphatic carbocycles. The fourth-order valence-electron chi connectivity index (χ4n) is 3.98. The second-order valence-electron chi connectivity index (χ2n) is 8.00. The van der Waals surface area contributed by atoms with E-state index in [1.807, 2.05) is 42.5 Å². The highest BCUT2D eigenvalue weighted by atomic mass is 31.1. The standard InChI is InChI=1S/C27H33O4P/c1-5-15-27(2,32-25-14-10-9-13-21(25)18-28)23-16-22(29-3)17-24(30-4)26(23)31-19-20-11-7-6-8-12-20/h6-14,16-17,28,32H,5,15,18-19H2,1-4H3. The minimum absolute atomic E-state index is 0.0319. The fraction of sp³-hybridized carbons (Fsp3) is 0.333. The Balaban J connectivity index is 2.09. The number of ether oxygens (including phenoxy) is 3. The smallest absolute Gasteiger partial charge is 0.166 e. The van der Waals surface area contributed by atoms with Crippen LogP contribution in [-0.2, 0) is 18.4 Å². The first-order valence-corrected chi connectivity index (χ1v) is 11.9. The Bertz CT molecular complexity index is 1010. The Morgan fingerprint density at radius 2 is 1.66 bits per heavy atom. The topological polar surface area (TPSA) is 47.9 Å². The molecular weight excluding hydrogens is 419 g/mol. The second-order valence-corrected chi connectivity index (χ2v) is 9.90. The number of aliphatic hydroxyl groups is 1. The Morgan fingerprint density at radius 3 is 2.31 bits per heavy atom. The first kappa shape index (κ1) is 24.1. The van der Waals surface area contributed by atoms with Gasteiger partial charge in [-0.15, -0.1) is 0 Å². The van der Waals surface area contributed by atoms with E-state index in [0.29, 0.717) is 20.9 Å². The molecule has 3 rings (SSSR count). The maximum absolute atomic E-state index is 9.88. The molecule has 3 aromatic rings. The van der Waals surface area contributed by atoms with Gasteiger partial charge >= 0.3 is 0 Å². The first-order chi connectivity index (χ1) is 15.5. The summed E-state index contributed by atoms with van der Waals surface area (Å²) in [5.74, 6) is 2.16. The van der Waals surface area contributed by atoms with E-state index < -0.39 is 0 Å². The van der Waals surface area contributed by atoms with E-state index in [4.69, 9.17) is 14.2 Å². The van der Waals surface area contributed by atoms with E-state index in [1.54, 1.807) is 14.2 Å². The summed E-state index contributed by atoms with van der Waals surface area (Å²) < 4.78 is 17.8. The predicted molar refractivity (Wildman–Crippen MR) is 133 cm³/mol. The van der Waals surface area contributed by atoms with Crippen molar-refractivity contribution < 1.29 is 19.3 Å². The molecule has 4 nitrogen and oxygen atoms in total. The maximum atomic E-state index is 9.88. The van der Waals surface area contributed by atoms with Gasteiger partial charge in [-0.2, -0.15) is 0 Å². The molecule has 0 radical (unpaired) electrons. The van der Waals surface area contributed by atoms with Gasteiger partial charge in [0.1, 0.15) is 12.4 Å². The fourth-order valence-corrected chi connectivity index (χ4v) is 5.77. The molecule has 0 aromatic heterocycles. The van der Waals surface area contributed by atoms with Crippen molar-refractivity contribution in [3.05, 3.63) is 83.4 Å². The second kappa shape index (κ2) is 11.4. The average Bonchev–Trinajstić information content (AvgIpc) is 2.83. The van der Waals surface area contributed by atoms with Crippen molar-refractivity contribution in [2.24, 2.45) is 0 Å². The van der Waals surface area contributed by atoms with E-state index in [2.05, 4.69) is 38.1 Å². The normalized spacial score (nSPS) is 13.2. The minimum Gasteiger partial charge on any atom is -0.497 e. The van der Waals surface area contributed by atoms with Gasteiger partial charge in [-0.05, 0) is 28.9 Å². The molecule has 2 unspecified atom stereocenters. The quantitative estimate of drug-likeness (QED) is 0.374. The summed E-state index contributed by atoms with van der Waals surface area (Å²) in [6.07, 6.45) is 1.98. The van der Waals surface area contributed by atoms with Gasteiger partial charge in [0.05, 0.1) is 20.8 Å². The summed E-state index contributed by atoms with van der Waals surface area (Å²) in [6.45, 7) is 4.95. The van der Waals surface area contributed by atoms with Crippen LogP contribution in [0.2, 0.25) is 0 Å². The van der Waals surface area contributed by atoms with Crippen LogP contribution in [0, 0.1) is 0 Å². The molecule has 5 heteroatoms. The zero-order valence-electron chi connectivity index (χ0n) is 19.4. The maximum Gasteiger partial charge on any atom is 0.166 e. The van der Waals surface area contributed by atoms with Gasteiger partial charge in [-0.1, -0.05) is 83.4 Å². The largest absolute Gasteiger partial charge is 0.497 e. The number of aliphatic hydroxyl groups excluding tert-OH is 1. The van der Waals surface area contributed by atoms with Crippen molar-refractivity contribution >= 4 is 13.9 Å². The van der Waals surface area contributed by atoms with Crippen LogP contribution in [0.15, 0.2) is 66.7 Å². The summed E-state index contributed by atoms with van der Waals surface area (Å²) >= 11 is 0. The summed E-state index contributed by atoms with van der Waals surface area (Å²) in [4.78, 5) is 0. The number of rotatable bonds is 11. The molecule has 2 atom stereocenters. The summed E-state index contributed by atoms with van der Waals surface area (Å²) in [5.41, 5.74) is 3.13. The van der Waals surface area contributed by atoms with Gasteiger partial charge in [0.25, 0.3) is 0 Å². The number of benzene rings is 3. The molecule has 0 aliphatic heterocycles. The lowest BCUT2D eigenvalue weighted by Gasteiger charge is -2.33. The zero-order valence-corrected chi connectivity index (χ0v) is 20.4. The molecular formula is C27H33O4P. The lowest BCUT2D eigenvalue weighted by atomic mass is 9.93. The molecule has 0 aliphatic rings. The zero-order chi connectivity index (χ0) is 23.0. The first-order valence-electron chi connectivity index (χ1n) is 10.9. The Morgan fingerprint density at radius 1 is 0.938 bits per heavy atom. The Kier molecular flexibility index (Phi) is 8.55. The predicted octanol–water partition coefficient (Wildman–Crippen LogP) is 5.79. The van der Waals surface area contributed by atoms with E-state index in [0.717, 1.165) is 41.0 Å². The Labute approximate surface area is 193 Å². The lowest BCUT2D eigenvalue weighted by molar-refractivity contribution is 0.276. The molecule has 0 saturated heterocycles. The van der Waals surface area contributed by atoms with Crippen molar-refractivity contribution in [2.75, 3.05) is 14.2 Å². The SMILES string of the molecule is CCCC(C)(Pc1ccccc1CO)c1cc(OC)cc(OC)c1OCc1ccccc1. The van der Waals surface area contributed by atoms with Gasteiger partial charge in [-0.3, -0.25) is 0 Å². The number of methoxy groups -OCH3 is 2. The lowest BCUT2D eigenvalue weighted by Crippen LogP contribution is -2.22. The molecule has 32 heavy (non-hydrogen) atoms. The molecule has 0 amide bonds. The molecule has 0 bridgehead atoms. The third-order valence-corrected chi connectivity index (χ3v) is 7.48. The van der Waals surface area contributed by atoms with Gasteiger partial charge in [0, 0.05) is 16.8 Å². The van der Waals surface area contributed by atoms with E-state index in [1.165, 1.54) is 5.30 Å². The van der Waals surface area contributed by atoms with E-state index >= 15 is 0 Å². The van der Waals surface area contributed by atoms with Crippen molar-refractivity contribution in [3.8, 4) is 17.2 Å². The van der Waals surface area contributed by atoms with Crippen LogP contribution < -0.4 is 19.5 Å². The molecule has 0 heterocycles. The van der Waals surface area contributed by atoms with Gasteiger partial charge in [0.15, 0.2) is 11.5 Å². The molecule has 0 fully saturated rings. The summed E-state index contributed by atoms with van der Waals surface area (Å²) in [6, 6.07) is 22.2. The van der Waals surface area contributed by atoms with Crippen LogP contribution >= 0.6 is 8.58 Å². The van der Waals surface area contributed by atoms with Crippen LogP contribution in [0.4, 0.5) is 0 Å². The van der Waals surface area contributed by atoms with Gasteiger partial charge in [-0.25, -0.2) is 0 Å². The van der Waals surface area contributed by atoms with Gasteiger partial charge < -0.3 is 19.3 Å². The minimum atomic E-state index is -0.214. The highest BCUT2D eigenvalue weighted by molar-refractivity contribution is 7.48. The monoisotopic (exact) mass is 452 g/mol. The van der Waals surface area contributed by atoms with Crippen molar-refractivity contribution in [1.82, 2.24) is 0 Å². The summed E-state index contributed by atoms with van der Waals surface area (Å²) in [5, 5.41) is 10.8. The molecule has 3 aromatic carbocycles. The van der Waals surface area contributed by atoms with E-state index in [-0.39, 0.29) is 11.8 Å². The van der Waals surface area contributed by atoms with Crippen molar-refractivity contribution in [2.45, 2.75) is 45.1 Å². The van der Waals surface area contributed by atoms with Crippen LogP contribution in [0.1, 0.15) is 43.4 Å². The van der Waals surface area contributed by atoms with Crippen LogP contribution in [0.3, 0.4) is 0 Å². The molecule has 170 valence electrons. The van der Waals surface area contributed by atoms with Crippen molar-refractivity contribution in [1.29, 1.82) is 0 Å². The van der Waals surface area contributed by atoms with Crippen molar-refractivity contribution in [3.63, 3.8) is 0 Å². The average molecular weight is 453 g/mol. The Hall–Kier alpha value is -2.55. The van der Waals surface area contributed by atoms with Crippen LogP contribution in [-0.4, -0.2) is 19.3 Å². The highest BCUT2D eigenvalue weighted by Crippen LogP contribution is 2.52. The highest BCUT2D eigenvalue weighted by Gasteiger charge is 2.33. The molecule has 0 saturated carbocycles. The molecule has 1 N–H and O–H groups in total. The van der Waals surface area contributed by atoms with Crippen LogP contribution in [0.5, 0.6) is 17.2 Å².